The number of carbonyl (C=O) groups excluding carboxylic acids is 1. The Hall–Kier alpha value is -1.59. The van der Waals surface area contributed by atoms with Crippen molar-refractivity contribution in [3.8, 4) is 5.75 Å². The van der Waals surface area contributed by atoms with Crippen LogP contribution < -0.4 is 4.74 Å². The summed E-state index contributed by atoms with van der Waals surface area (Å²) >= 11 is 0. The molecule has 1 aliphatic heterocycles. The third kappa shape index (κ3) is 3.73. The van der Waals surface area contributed by atoms with Gasteiger partial charge in [-0.3, -0.25) is 4.79 Å². The standard InChI is InChI=1S/C19H27NO4/c1-19(2,18(22)20-8-9-23-13-14(11-20)12-21)24-17-7-6-15-4-3-5-16(15)10-17/h6-7,10,14,21H,3-5,8-9,11-13H2,1-2H3. The summed E-state index contributed by atoms with van der Waals surface area (Å²) in [4.78, 5) is 14.7. The van der Waals surface area contributed by atoms with E-state index in [1.807, 2.05) is 19.9 Å². The highest BCUT2D eigenvalue weighted by Crippen LogP contribution is 2.28. The van der Waals surface area contributed by atoms with Gasteiger partial charge < -0.3 is 19.5 Å². The van der Waals surface area contributed by atoms with E-state index in [-0.39, 0.29) is 18.4 Å². The zero-order valence-electron chi connectivity index (χ0n) is 14.6. The van der Waals surface area contributed by atoms with Gasteiger partial charge in [0.1, 0.15) is 5.75 Å². The quantitative estimate of drug-likeness (QED) is 0.913. The lowest BCUT2D eigenvalue weighted by molar-refractivity contribution is -0.146. The largest absolute Gasteiger partial charge is 0.478 e. The third-order valence-electron chi connectivity index (χ3n) is 4.84. The molecule has 1 amide bonds. The molecule has 132 valence electrons. The molecule has 1 N–H and O–H groups in total. The Morgan fingerprint density at radius 2 is 2.17 bits per heavy atom. The van der Waals surface area contributed by atoms with Gasteiger partial charge in [-0.05, 0) is 56.4 Å². The van der Waals surface area contributed by atoms with Crippen molar-refractivity contribution in [2.24, 2.45) is 5.92 Å². The second kappa shape index (κ2) is 7.11. The second-order valence-electron chi connectivity index (χ2n) is 7.27. The van der Waals surface area contributed by atoms with Crippen LogP contribution in [0.5, 0.6) is 5.75 Å². The SMILES string of the molecule is CC(C)(Oc1ccc2c(c1)CCC2)C(=O)N1CCOCC(CO)C1. The van der Waals surface area contributed by atoms with Gasteiger partial charge in [-0.2, -0.15) is 0 Å². The predicted octanol–water partition coefficient (Wildman–Crippen LogP) is 1.80. The van der Waals surface area contributed by atoms with E-state index in [0.717, 1.165) is 18.6 Å². The first kappa shape index (κ1) is 17.2. The summed E-state index contributed by atoms with van der Waals surface area (Å²) in [6.07, 6.45) is 3.41. The van der Waals surface area contributed by atoms with E-state index in [1.165, 1.54) is 17.5 Å². The van der Waals surface area contributed by atoms with Gasteiger partial charge in [0.05, 0.1) is 13.2 Å². The van der Waals surface area contributed by atoms with Gasteiger partial charge in [0.25, 0.3) is 5.91 Å². The fourth-order valence-electron chi connectivity index (χ4n) is 3.51. The molecule has 1 aromatic rings. The average molecular weight is 333 g/mol. The summed E-state index contributed by atoms with van der Waals surface area (Å²) in [5, 5.41) is 9.39. The molecule has 1 aliphatic carbocycles. The summed E-state index contributed by atoms with van der Waals surface area (Å²) in [5.41, 5.74) is 1.78. The predicted molar refractivity (Wildman–Crippen MR) is 91.1 cm³/mol. The average Bonchev–Trinajstić information content (AvgIpc) is 2.89. The minimum Gasteiger partial charge on any atom is -0.478 e. The molecule has 0 bridgehead atoms. The fraction of sp³-hybridized carbons (Fsp3) is 0.632. The van der Waals surface area contributed by atoms with Crippen LogP contribution in [-0.2, 0) is 22.4 Å². The van der Waals surface area contributed by atoms with Crippen molar-refractivity contribution in [3.05, 3.63) is 29.3 Å². The van der Waals surface area contributed by atoms with Crippen LogP contribution in [0.1, 0.15) is 31.4 Å². The Morgan fingerprint density at radius 1 is 1.38 bits per heavy atom. The molecule has 1 saturated heterocycles. The number of fused-ring (bicyclic) bond motifs is 1. The molecule has 2 aliphatic rings. The van der Waals surface area contributed by atoms with E-state index in [4.69, 9.17) is 9.47 Å². The maximum absolute atomic E-state index is 12.9. The molecule has 1 heterocycles. The molecular weight excluding hydrogens is 306 g/mol. The molecule has 24 heavy (non-hydrogen) atoms. The first-order valence-electron chi connectivity index (χ1n) is 8.78. The lowest BCUT2D eigenvalue weighted by Crippen LogP contribution is -2.50. The van der Waals surface area contributed by atoms with E-state index in [1.54, 1.807) is 4.90 Å². The van der Waals surface area contributed by atoms with Crippen molar-refractivity contribution >= 4 is 5.91 Å². The molecule has 0 saturated carbocycles. The molecule has 0 spiro atoms. The number of aliphatic hydroxyl groups excluding tert-OH is 1. The highest BCUT2D eigenvalue weighted by molar-refractivity contribution is 5.85. The van der Waals surface area contributed by atoms with Gasteiger partial charge in [0.2, 0.25) is 0 Å². The summed E-state index contributed by atoms with van der Waals surface area (Å²) in [5.74, 6) is 0.651. The van der Waals surface area contributed by atoms with E-state index in [2.05, 4.69) is 12.1 Å². The van der Waals surface area contributed by atoms with Gasteiger partial charge in [-0.1, -0.05) is 6.07 Å². The minimum atomic E-state index is -0.947. The number of hydrogen-bond acceptors (Lipinski definition) is 4. The van der Waals surface area contributed by atoms with E-state index in [0.29, 0.717) is 26.3 Å². The normalized spacial score (nSPS) is 21.3. The Morgan fingerprint density at radius 3 is 2.96 bits per heavy atom. The highest BCUT2D eigenvalue weighted by atomic mass is 16.5. The summed E-state index contributed by atoms with van der Waals surface area (Å²) in [6.45, 7) is 5.67. The van der Waals surface area contributed by atoms with E-state index >= 15 is 0 Å². The molecule has 1 aromatic carbocycles. The number of ether oxygens (including phenoxy) is 2. The maximum atomic E-state index is 12.9. The van der Waals surface area contributed by atoms with Gasteiger partial charge in [0.15, 0.2) is 5.60 Å². The third-order valence-corrected chi connectivity index (χ3v) is 4.84. The number of nitrogens with zero attached hydrogens (tertiary/aromatic N) is 1. The molecular formula is C19H27NO4. The Kier molecular flexibility index (Phi) is 5.11. The van der Waals surface area contributed by atoms with Crippen molar-refractivity contribution in [2.75, 3.05) is 32.9 Å². The summed E-state index contributed by atoms with van der Waals surface area (Å²) < 4.78 is 11.5. The van der Waals surface area contributed by atoms with Crippen LogP contribution in [0, 0.1) is 5.92 Å². The molecule has 1 fully saturated rings. The molecule has 0 aromatic heterocycles. The van der Waals surface area contributed by atoms with Crippen molar-refractivity contribution in [3.63, 3.8) is 0 Å². The first-order chi connectivity index (χ1) is 11.5. The van der Waals surface area contributed by atoms with Crippen LogP contribution in [0.2, 0.25) is 0 Å². The molecule has 5 heteroatoms. The number of carbonyl (C=O) groups is 1. The van der Waals surface area contributed by atoms with Crippen LogP contribution in [0.15, 0.2) is 18.2 Å². The van der Waals surface area contributed by atoms with E-state index < -0.39 is 5.60 Å². The van der Waals surface area contributed by atoms with Gasteiger partial charge in [-0.25, -0.2) is 0 Å². The second-order valence-corrected chi connectivity index (χ2v) is 7.27. The van der Waals surface area contributed by atoms with Crippen LogP contribution in [0.4, 0.5) is 0 Å². The molecule has 1 atom stereocenters. The van der Waals surface area contributed by atoms with E-state index in [9.17, 15) is 9.90 Å². The number of rotatable bonds is 4. The summed E-state index contributed by atoms with van der Waals surface area (Å²) in [6, 6.07) is 6.14. The number of hydrogen-bond donors (Lipinski definition) is 1. The summed E-state index contributed by atoms with van der Waals surface area (Å²) in [7, 11) is 0. The topological polar surface area (TPSA) is 59.0 Å². The molecule has 5 nitrogen and oxygen atoms in total. The van der Waals surface area contributed by atoms with Crippen LogP contribution >= 0.6 is 0 Å². The molecule has 3 rings (SSSR count). The number of aliphatic hydroxyl groups is 1. The lowest BCUT2D eigenvalue weighted by Gasteiger charge is -2.32. The Balaban J connectivity index is 1.70. The Labute approximate surface area is 143 Å². The zero-order chi connectivity index (χ0) is 17.2. The molecule has 1 unspecified atom stereocenters. The van der Waals surface area contributed by atoms with Gasteiger partial charge in [-0.15, -0.1) is 0 Å². The monoisotopic (exact) mass is 333 g/mol. The highest BCUT2D eigenvalue weighted by Gasteiger charge is 2.36. The van der Waals surface area contributed by atoms with Crippen molar-refractivity contribution in [1.29, 1.82) is 0 Å². The zero-order valence-corrected chi connectivity index (χ0v) is 14.6. The van der Waals surface area contributed by atoms with Crippen LogP contribution in [0.25, 0.3) is 0 Å². The van der Waals surface area contributed by atoms with Crippen LogP contribution in [0.3, 0.4) is 0 Å². The van der Waals surface area contributed by atoms with Gasteiger partial charge >= 0.3 is 0 Å². The van der Waals surface area contributed by atoms with Crippen molar-refractivity contribution in [1.82, 2.24) is 4.90 Å². The van der Waals surface area contributed by atoms with Crippen molar-refractivity contribution in [2.45, 2.75) is 38.7 Å². The minimum absolute atomic E-state index is 0.0237. The number of aryl methyl sites for hydroxylation is 2. The van der Waals surface area contributed by atoms with Gasteiger partial charge in [0, 0.05) is 25.6 Å². The number of benzene rings is 1. The van der Waals surface area contributed by atoms with Crippen molar-refractivity contribution < 1.29 is 19.4 Å². The maximum Gasteiger partial charge on any atom is 0.266 e. The van der Waals surface area contributed by atoms with Crippen LogP contribution in [-0.4, -0.2) is 54.4 Å². The Bertz CT molecular complexity index is 599. The smallest absolute Gasteiger partial charge is 0.266 e. The molecule has 0 radical (unpaired) electrons. The lowest BCUT2D eigenvalue weighted by atomic mass is 10.1. The first-order valence-corrected chi connectivity index (χ1v) is 8.78. The number of amides is 1. The fourth-order valence-corrected chi connectivity index (χ4v) is 3.51.